The number of para-hydroxylation sites is 3. The van der Waals surface area contributed by atoms with Gasteiger partial charge in [-0.3, -0.25) is 4.79 Å². The lowest BCUT2D eigenvalue weighted by atomic mass is 10.1. The van der Waals surface area contributed by atoms with E-state index in [1.54, 1.807) is 6.07 Å². The molecule has 0 aliphatic rings. The second-order valence-electron chi connectivity index (χ2n) is 6.10. The highest BCUT2D eigenvalue weighted by molar-refractivity contribution is 6.31. The van der Waals surface area contributed by atoms with Crippen LogP contribution in [-0.4, -0.2) is 15.9 Å². The molecule has 0 spiro atoms. The summed E-state index contributed by atoms with van der Waals surface area (Å²) < 4.78 is 0. The van der Waals surface area contributed by atoms with Gasteiger partial charge in [-0.1, -0.05) is 48.0 Å². The van der Waals surface area contributed by atoms with Crippen molar-refractivity contribution in [1.82, 2.24) is 15.3 Å². The fourth-order valence-corrected chi connectivity index (χ4v) is 3.30. The number of halogens is 1. The van der Waals surface area contributed by atoms with Gasteiger partial charge >= 0.3 is 0 Å². The summed E-state index contributed by atoms with van der Waals surface area (Å²) in [4.78, 5) is 22.1. The summed E-state index contributed by atoms with van der Waals surface area (Å²) in [6.45, 7) is 1.91. The van der Waals surface area contributed by atoms with Crippen LogP contribution in [0.2, 0.25) is 5.02 Å². The first-order valence-electron chi connectivity index (χ1n) is 8.34. The van der Waals surface area contributed by atoms with Crippen molar-refractivity contribution < 1.29 is 4.79 Å². The third kappa shape index (κ3) is 3.00. The van der Waals surface area contributed by atoms with E-state index >= 15 is 0 Å². The van der Waals surface area contributed by atoms with E-state index in [0.717, 1.165) is 16.6 Å². The molecule has 0 fully saturated rings. The number of amides is 1. The number of rotatable bonds is 3. The Morgan fingerprint density at radius 2 is 1.54 bits per heavy atom. The predicted molar refractivity (Wildman–Crippen MR) is 104 cm³/mol. The number of benzene rings is 3. The van der Waals surface area contributed by atoms with Gasteiger partial charge in [-0.15, -0.1) is 0 Å². The molecule has 0 radical (unpaired) electrons. The van der Waals surface area contributed by atoms with Crippen LogP contribution in [0.5, 0.6) is 0 Å². The quantitative estimate of drug-likeness (QED) is 0.526. The van der Waals surface area contributed by atoms with Crippen LogP contribution in [-0.2, 0) is 0 Å². The van der Waals surface area contributed by atoms with Gasteiger partial charge < -0.3 is 5.32 Å². The summed E-state index contributed by atoms with van der Waals surface area (Å²) in [6.07, 6.45) is 0. The number of fused-ring (bicyclic) bond motifs is 2. The van der Waals surface area contributed by atoms with Crippen molar-refractivity contribution in [3.63, 3.8) is 0 Å². The highest BCUT2D eigenvalue weighted by Gasteiger charge is 2.17. The van der Waals surface area contributed by atoms with Gasteiger partial charge in [0, 0.05) is 5.02 Å². The van der Waals surface area contributed by atoms with E-state index in [9.17, 15) is 4.79 Å². The number of carbonyl (C=O) groups excluding carboxylic acids is 1. The molecule has 0 aliphatic carbocycles. The average molecular weight is 362 g/mol. The third-order valence-electron chi connectivity index (χ3n) is 4.33. The van der Waals surface area contributed by atoms with Crippen molar-refractivity contribution in [1.29, 1.82) is 0 Å². The third-order valence-corrected chi connectivity index (χ3v) is 4.68. The fraction of sp³-hybridized carbons (Fsp3) is 0.0952. The molecule has 4 rings (SSSR count). The lowest BCUT2D eigenvalue weighted by Crippen LogP contribution is -2.27. The second-order valence-corrected chi connectivity index (χ2v) is 6.51. The van der Waals surface area contributed by atoms with Crippen molar-refractivity contribution >= 4 is 39.6 Å². The van der Waals surface area contributed by atoms with Crippen molar-refractivity contribution in [3.8, 4) is 0 Å². The van der Waals surface area contributed by atoms with E-state index in [0.29, 0.717) is 21.6 Å². The Morgan fingerprint density at radius 3 is 2.31 bits per heavy atom. The number of carbonyl (C=O) groups is 1. The number of nitrogens with one attached hydrogen (secondary N) is 1. The minimum atomic E-state index is -0.222. The van der Waals surface area contributed by atoms with E-state index in [2.05, 4.69) is 15.3 Å². The molecule has 0 saturated carbocycles. The lowest BCUT2D eigenvalue weighted by Gasteiger charge is -2.16. The largest absolute Gasteiger partial charge is 0.345 e. The van der Waals surface area contributed by atoms with Crippen LogP contribution in [0.1, 0.15) is 28.9 Å². The zero-order chi connectivity index (χ0) is 18.1. The van der Waals surface area contributed by atoms with Crippen LogP contribution in [0, 0.1) is 0 Å². The standard InChI is InChI=1S/C21H16ClN3O/c1-13(14-7-2-3-9-16(14)22)23-21(26)15-8-6-12-19-20(15)25-18-11-5-4-10-17(18)24-19/h2-13H,1H3,(H,23,26). The van der Waals surface area contributed by atoms with E-state index in [4.69, 9.17) is 11.6 Å². The van der Waals surface area contributed by atoms with Gasteiger partial charge in [-0.2, -0.15) is 0 Å². The lowest BCUT2D eigenvalue weighted by molar-refractivity contribution is 0.0941. The summed E-state index contributed by atoms with van der Waals surface area (Å²) in [6, 6.07) is 20.3. The maximum absolute atomic E-state index is 12.9. The molecule has 1 N–H and O–H groups in total. The Bertz CT molecular complexity index is 1130. The molecular formula is C21H16ClN3O. The number of hydrogen-bond donors (Lipinski definition) is 1. The molecule has 0 saturated heterocycles. The first kappa shape index (κ1) is 16.5. The van der Waals surface area contributed by atoms with Crippen molar-refractivity contribution in [3.05, 3.63) is 82.9 Å². The molecule has 5 heteroatoms. The summed E-state index contributed by atoms with van der Waals surface area (Å²) in [5, 5.41) is 3.63. The average Bonchev–Trinajstić information content (AvgIpc) is 2.66. The van der Waals surface area contributed by atoms with Gasteiger partial charge in [0.25, 0.3) is 5.91 Å². The van der Waals surface area contributed by atoms with E-state index < -0.39 is 0 Å². The van der Waals surface area contributed by atoms with Crippen LogP contribution >= 0.6 is 11.6 Å². The molecule has 0 bridgehead atoms. The van der Waals surface area contributed by atoms with Crippen molar-refractivity contribution in [2.45, 2.75) is 13.0 Å². The highest BCUT2D eigenvalue weighted by atomic mass is 35.5. The van der Waals surface area contributed by atoms with Gasteiger partial charge in [-0.25, -0.2) is 9.97 Å². The molecule has 1 unspecified atom stereocenters. The van der Waals surface area contributed by atoms with Crippen LogP contribution in [0.4, 0.5) is 0 Å². The van der Waals surface area contributed by atoms with Crippen LogP contribution in [0.15, 0.2) is 66.7 Å². The molecule has 3 aromatic carbocycles. The van der Waals surface area contributed by atoms with E-state index in [1.165, 1.54) is 0 Å². The molecule has 1 atom stereocenters. The number of aromatic nitrogens is 2. The molecule has 1 heterocycles. The molecule has 1 aromatic heterocycles. The van der Waals surface area contributed by atoms with Gasteiger partial charge in [0.15, 0.2) is 0 Å². The van der Waals surface area contributed by atoms with Gasteiger partial charge in [-0.05, 0) is 42.8 Å². The topological polar surface area (TPSA) is 54.9 Å². The normalized spacial score (nSPS) is 12.2. The number of hydrogen-bond acceptors (Lipinski definition) is 3. The van der Waals surface area contributed by atoms with E-state index in [1.807, 2.05) is 67.6 Å². The predicted octanol–water partition coefficient (Wildman–Crippen LogP) is 4.93. The molecule has 4 aromatic rings. The summed E-state index contributed by atoms with van der Waals surface area (Å²) in [5.41, 5.74) is 4.23. The highest BCUT2D eigenvalue weighted by Crippen LogP contribution is 2.24. The Kier molecular flexibility index (Phi) is 4.27. The SMILES string of the molecule is CC(NC(=O)c1cccc2nc3ccccc3nc12)c1ccccc1Cl. The molecule has 26 heavy (non-hydrogen) atoms. The Hall–Kier alpha value is -2.98. The second kappa shape index (κ2) is 6.73. The molecular weight excluding hydrogens is 346 g/mol. The zero-order valence-corrected chi connectivity index (χ0v) is 14.9. The zero-order valence-electron chi connectivity index (χ0n) is 14.1. The van der Waals surface area contributed by atoms with Crippen LogP contribution in [0.25, 0.3) is 22.1 Å². The first-order valence-corrected chi connectivity index (χ1v) is 8.72. The number of nitrogens with zero attached hydrogens (tertiary/aromatic N) is 2. The fourth-order valence-electron chi connectivity index (χ4n) is 3.00. The Labute approximate surface area is 155 Å². The van der Waals surface area contributed by atoms with Gasteiger partial charge in [0.1, 0.15) is 5.52 Å². The van der Waals surface area contributed by atoms with Gasteiger partial charge in [0.2, 0.25) is 0 Å². The molecule has 128 valence electrons. The summed E-state index contributed by atoms with van der Waals surface area (Å²) >= 11 is 6.24. The van der Waals surface area contributed by atoms with Crippen molar-refractivity contribution in [2.75, 3.05) is 0 Å². The first-order chi connectivity index (χ1) is 12.6. The molecule has 0 aliphatic heterocycles. The van der Waals surface area contributed by atoms with Crippen LogP contribution < -0.4 is 5.32 Å². The summed E-state index contributed by atoms with van der Waals surface area (Å²) in [5.74, 6) is -0.201. The minimum absolute atomic E-state index is 0.201. The monoisotopic (exact) mass is 361 g/mol. The molecule has 4 nitrogen and oxygen atoms in total. The van der Waals surface area contributed by atoms with Crippen molar-refractivity contribution in [2.24, 2.45) is 0 Å². The smallest absolute Gasteiger partial charge is 0.254 e. The minimum Gasteiger partial charge on any atom is -0.345 e. The van der Waals surface area contributed by atoms with Gasteiger partial charge in [0.05, 0.1) is 28.2 Å². The maximum atomic E-state index is 12.9. The molecule has 1 amide bonds. The maximum Gasteiger partial charge on any atom is 0.254 e. The summed E-state index contributed by atoms with van der Waals surface area (Å²) in [7, 11) is 0. The Balaban J connectivity index is 1.72. The van der Waals surface area contributed by atoms with Crippen LogP contribution in [0.3, 0.4) is 0 Å². The van der Waals surface area contributed by atoms with E-state index in [-0.39, 0.29) is 11.9 Å². The Morgan fingerprint density at radius 1 is 0.885 bits per heavy atom.